The zero-order valence-corrected chi connectivity index (χ0v) is 11.7. The molecule has 0 aromatic carbocycles. The fourth-order valence-electron chi connectivity index (χ4n) is 2.04. The first-order valence-corrected chi connectivity index (χ1v) is 6.98. The van der Waals surface area contributed by atoms with Gasteiger partial charge < -0.3 is 15.0 Å². The molecule has 1 amide bonds. The zero-order valence-electron chi connectivity index (χ0n) is 11.7. The van der Waals surface area contributed by atoms with Crippen molar-refractivity contribution in [3.8, 4) is 0 Å². The van der Waals surface area contributed by atoms with Gasteiger partial charge in [0.05, 0.1) is 6.61 Å². The van der Waals surface area contributed by atoms with E-state index in [9.17, 15) is 9.59 Å². The number of esters is 1. The molecule has 0 atom stereocenters. The molecule has 1 aliphatic heterocycles. The maximum absolute atomic E-state index is 11.9. The van der Waals surface area contributed by atoms with Crippen molar-refractivity contribution >= 4 is 11.9 Å². The molecule has 1 N–H and O–H groups in total. The monoisotopic (exact) mass is 268 g/mol. The van der Waals surface area contributed by atoms with E-state index in [1.54, 1.807) is 6.92 Å². The summed E-state index contributed by atoms with van der Waals surface area (Å²) >= 11 is 0. The van der Waals surface area contributed by atoms with Gasteiger partial charge in [-0.25, -0.2) is 4.79 Å². The molecule has 5 nitrogen and oxygen atoms in total. The Morgan fingerprint density at radius 1 is 1.26 bits per heavy atom. The quantitative estimate of drug-likeness (QED) is 0.427. The summed E-state index contributed by atoms with van der Waals surface area (Å²) in [5, 5.41) is 3.05. The highest BCUT2D eigenvalue weighted by Crippen LogP contribution is 2.09. The number of nitrogens with one attached hydrogen (secondary N) is 1. The fraction of sp³-hybridized carbons (Fsp3) is 0.714. The molecule has 1 fully saturated rings. The molecular formula is C14H24N2O3. The van der Waals surface area contributed by atoms with E-state index in [2.05, 4.69) is 11.9 Å². The Kier molecular flexibility index (Phi) is 7.18. The van der Waals surface area contributed by atoms with Gasteiger partial charge in [0.1, 0.15) is 0 Å². The summed E-state index contributed by atoms with van der Waals surface area (Å²) < 4.78 is 4.82. The molecule has 1 aliphatic rings. The Labute approximate surface area is 115 Å². The molecule has 0 saturated carbocycles. The summed E-state index contributed by atoms with van der Waals surface area (Å²) in [5.41, 5.74) is 0.396. The highest BCUT2D eigenvalue weighted by molar-refractivity contribution is 5.88. The van der Waals surface area contributed by atoms with E-state index in [0.717, 1.165) is 25.9 Å². The van der Waals surface area contributed by atoms with Gasteiger partial charge in [0, 0.05) is 38.2 Å². The first kappa shape index (κ1) is 15.7. The van der Waals surface area contributed by atoms with E-state index in [0.29, 0.717) is 31.7 Å². The number of piperidine rings is 1. The molecular weight excluding hydrogens is 244 g/mol. The third-order valence-electron chi connectivity index (χ3n) is 3.13. The molecule has 19 heavy (non-hydrogen) atoms. The third kappa shape index (κ3) is 5.87. The Morgan fingerprint density at radius 2 is 1.95 bits per heavy atom. The van der Waals surface area contributed by atoms with Gasteiger partial charge in [-0.05, 0) is 26.2 Å². The van der Waals surface area contributed by atoms with Crippen molar-refractivity contribution in [2.24, 2.45) is 0 Å². The van der Waals surface area contributed by atoms with Crippen LogP contribution in [0.1, 0.15) is 32.6 Å². The van der Waals surface area contributed by atoms with E-state index < -0.39 is 0 Å². The van der Waals surface area contributed by atoms with Gasteiger partial charge >= 0.3 is 5.97 Å². The number of hydrogen-bond acceptors (Lipinski definition) is 4. The van der Waals surface area contributed by atoms with E-state index in [1.807, 2.05) is 4.90 Å². The summed E-state index contributed by atoms with van der Waals surface area (Å²) in [6.07, 6.45) is 3.91. The lowest BCUT2D eigenvalue weighted by molar-refractivity contribution is -0.138. The van der Waals surface area contributed by atoms with Gasteiger partial charge in [-0.15, -0.1) is 0 Å². The summed E-state index contributed by atoms with van der Waals surface area (Å²) in [6, 6.07) is 0. The van der Waals surface area contributed by atoms with E-state index in [1.165, 1.54) is 6.42 Å². The normalized spacial score (nSPS) is 15.1. The van der Waals surface area contributed by atoms with Crippen LogP contribution in [0.5, 0.6) is 0 Å². The summed E-state index contributed by atoms with van der Waals surface area (Å²) in [6.45, 7) is 8.46. The van der Waals surface area contributed by atoms with Crippen LogP contribution in [0, 0.1) is 0 Å². The maximum Gasteiger partial charge on any atom is 0.334 e. The second-order valence-electron chi connectivity index (χ2n) is 4.69. The predicted octanol–water partition coefficient (Wildman–Crippen LogP) is 1.10. The fourth-order valence-corrected chi connectivity index (χ4v) is 2.04. The van der Waals surface area contributed by atoms with Crippen LogP contribution in [0.4, 0.5) is 0 Å². The number of hydrogen-bond donors (Lipinski definition) is 1. The smallest absolute Gasteiger partial charge is 0.334 e. The highest BCUT2D eigenvalue weighted by Gasteiger charge is 2.15. The van der Waals surface area contributed by atoms with Crippen LogP contribution in [0.25, 0.3) is 0 Å². The number of nitrogens with zero attached hydrogens (tertiary/aromatic N) is 1. The van der Waals surface area contributed by atoms with E-state index >= 15 is 0 Å². The molecule has 0 unspecified atom stereocenters. The van der Waals surface area contributed by atoms with Crippen LogP contribution in [-0.4, -0.2) is 49.6 Å². The van der Waals surface area contributed by atoms with Crippen molar-refractivity contribution in [3.05, 3.63) is 12.2 Å². The molecule has 0 aromatic rings. The molecule has 0 aromatic heterocycles. The second kappa shape index (κ2) is 8.69. The van der Waals surface area contributed by atoms with Crippen LogP contribution in [0.3, 0.4) is 0 Å². The standard InChI is InChI=1S/C14H24N2O3/c1-3-19-14(18)12(2)11-15-8-7-13(17)16-9-5-4-6-10-16/h15H,2-11H2,1H3. The summed E-state index contributed by atoms with van der Waals surface area (Å²) in [5.74, 6) is -0.189. The van der Waals surface area contributed by atoms with Crippen LogP contribution in [0.15, 0.2) is 12.2 Å². The average molecular weight is 268 g/mol. The van der Waals surface area contributed by atoms with Gasteiger partial charge in [0.25, 0.3) is 0 Å². The van der Waals surface area contributed by atoms with Crippen molar-refractivity contribution in [2.75, 3.05) is 32.8 Å². The molecule has 0 spiro atoms. The average Bonchev–Trinajstić information content (AvgIpc) is 2.44. The van der Waals surface area contributed by atoms with Gasteiger partial charge in [0.15, 0.2) is 0 Å². The molecule has 1 saturated heterocycles. The van der Waals surface area contributed by atoms with Crippen molar-refractivity contribution in [3.63, 3.8) is 0 Å². The minimum atomic E-state index is -0.377. The Hall–Kier alpha value is -1.36. The van der Waals surface area contributed by atoms with E-state index in [4.69, 9.17) is 4.74 Å². The maximum atomic E-state index is 11.9. The minimum Gasteiger partial charge on any atom is -0.463 e. The lowest BCUT2D eigenvalue weighted by Gasteiger charge is -2.26. The van der Waals surface area contributed by atoms with Gasteiger partial charge in [-0.2, -0.15) is 0 Å². The molecule has 1 rings (SSSR count). The molecule has 108 valence electrons. The number of carbonyl (C=O) groups is 2. The third-order valence-corrected chi connectivity index (χ3v) is 3.13. The summed E-state index contributed by atoms with van der Waals surface area (Å²) in [7, 11) is 0. The number of likely N-dealkylation sites (tertiary alicyclic amines) is 1. The zero-order chi connectivity index (χ0) is 14.1. The molecule has 0 bridgehead atoms. The molecule has 0 aliphatic carbocycles. The minimum absolute atomic E-state index is 0.189. The number of carbonyl (C=O) groups excluding carboxylic acids is 2. The van der Waals surface area contributed by atoms with Crippen molar-refractivity contribution in [1.82, 2.24) is 10.2 Å². The SMILES string of the molecule is C=C(CNCCC(=O)N1CCCCC1)C(=O)OCC. The summed E-state index contributed by atoms with van der Waals surface area (Å²) in [4.78, 5) is 25.1. The van der Waals surface area contributed by atoms with E-state index in [-0.39, 0.29) is 11.9 Å². The van der Waals surface area contributed by atoms with Gasteiger partial charge in [-0.1, -0.05) is 6.58 Å². The highest BCUT2D eigenvalue weighted by atomic mass is 16.5. The second-order valence-corrected chi connectivity index (χ2v) is 4.69. The Morgan fingerprint density at radius 3 is 2.58 bits per heavy atom. The van der Waals surface area contributed by atoms with Crippen molar-refractivity contribution < 1.29 is 14.3 Å². The van der Waals surface area contributed by atoms with Crippen LogP contribution < -0.4 is 5.32 Å². The Balaban J connectivity index is 2.11. The van der Waals surface area contributed by atoms with Crippen LogP contribution in [0.2, 0.25) is 0 Å². The number of ether oxygens (including phenoxy) is 1. The lowest BCUT2D eigenvalue weighted by Crippen LogP contribution is -2.37. The number of amides is 1. The Bertz CT molecular complexity index is 323. The number of rotatable bonds is 7. The van der Waals surface area contributed by atoms with Crippen LogP contribution >= 0.6 is 0 Å². The molecule has 0 radical (unpaired) electrons. The largest absolute Gasteiger partial charge is 0.463 e. The predicted molar refractivity (Wildman–Crippen MR) is 73.7 cm³/mol. The van der Waals surface area contributed by atoms with Gasteiger partial charge in [0.2, 0.25) is 5.91 Å². The molecule has 1 heterocycles. The molecule has 5 heteroatoms. The first-order chi connectivity index (χ1) is 9.15. The van der Waals surface area contributed by atoms with Crippen molar-refractivity contribution in [1.29, 1.82) is 0 Å². The van der Waals surface area contributed by atoms with Crippen LogP contribution in [-0.2, 0) is 14.3 Å². The topological polar surface area (TPSA) is 58.6 Å². The first-order valence-electron chi connectivity index (χ1n) is 6.98. The lowest BCUT2D eigenvalue weighted by atomic mass is 10.1. The van der Waals surface area contributed by atoms with Crippen molar-refractivity contribution in [2.45, 2.75) is 32.6 Å². The van der Waals surface area contributed by atoms with Gasteiger partial charge in [-0.3, -0.25) is 4.79 Å².